The maximum Gasteiger partial charge on any atom is 0.177 e. The average Bonchev–Trinajstić information content (AvgIpc) is 2.66. The lowest BCUT2D eigenvalue weighted by molar-refractivity contribution is 0.0967. The standard InChI is InChI=1S/C10H13N3O/c1-3-9(14-2)7-4-5-8-10(13-7)12-6-11-8/h4-6,9H,3H2,1-2H3,(H,11,12,13). The molecule has 0 radical (unpaired) electrons. The van der Waals surface area contributed by atoms with Crippen LogP contribution in [0.2, 0.25) is 0 Å². The zero-order valence-corrected chi connectivity index (χ0v) is 8.32. The van der Waals surface area contributed by atoms with E-state index in [0.29, 0.717) is 0 Å². The molecule has 0 fully saturated rings. The zero-order valence-electron chi connectivity index (χ0n) is 8.32. The molecule has 0 amide bonds. The third kappa shape index (κ3) is 1.48. The number of nitrogens with one attached hydrogen (secondary N) is 1. The Hall–Kier alpha value is -1.42. The molecule has 74 valence electrons. The summed E-state index contributed by atoms with van der Waals surface area (Å²) in [6, 6.07) is 3.95. The SMILES string of the molecule is CCC(OC)c1ccc2[nH]cnc2n1. The molecule has 1 atom stereocenters. The monoisotopic (exact) mass is 191 g/mol. The molecular weight excluding hydrogens is 178 g/mol. The molecule has 0 aliphatic rings. The predicted molar refractivity (Wildman–Crippen MR) is 53.9 cm³/mol. The van der Waals surface area contributed by atoms with Crippen LogP contribution in [0.4, 0.5) is 0 Å². The quantitative estimate of drug-likeness (QED) is 0.807. The number of aromatic amines is 1. The molecule has 4 heteroatoms. The lowest BCUT2D eigenvalue weighted by Gasteiger charge is -2.11. The summed E-state index contributed by atoms with van der Waals surface area (Å²) in [5, 5.41) is 0. The highest BCUT2D eigenvalue weighted by Gasteiger charge is 2.10. The number of hydrogen-bond donors (Lipinski definition) is 1. The van der Waals surface area contributed by atoms with Gasteiger partial charge in [0.05, 0.1) is 23.6 Å². The van der Waals surface area contributed by atoms with E-state index in [0.717, 1.165) is 23.3 Å². The van der Waals surface area contributed by atoms with Gasteiger partial charge in [0, 0.05) is 7.11 Å². The minimum Gasteiger partial charge on any atom is -0.375 e. The number of ether oxygens (including phenoxy) is 1. The summed E-state index contributed by atoms with van der Waals surface area (Å²) >= 11 is 0. The summed E-state index contributed by atoms with van der Waals surface area (Å²) in [7, 11) is 1.70. The summed E-state index contributed by atoms with van der Waals surface area (Å²) in [6.07, 6.45) is 2.63. The maximum absolute atomic E-state index is 5.31. The number of fused-ring (bicyclic) bond motifs is 1. The summed E-state index contributed by atoms with van der Waals surface area (Å²) in [5.41, 5.74) is 2.65. The normalized spacial score (nSPS) is 13.3. The van der Waals surface area contributed by atoms with Crippen LogP contribution in [-0.2, 0) is 4.74 Å². The second-order valence-electron chi connectivity index (χ2n) is 3.14. The van der Waals surface area contributed by atoms with E-state index in [4.69, 9.17) is 4.74 Å². The van der Waals surface area contributed by atoms with Crippen LogP contribution in [-0.4, -0.2) is 22.1 Å². The van der Waals surface area contributed by atoms with Gasteiger partial charge < -0.3 is 9.72 Å². The van der Waals surface area contributed by atoms with Gasteiger partial charge >= 0.3 is 0 Å². The summed E-state index contributed by atoms with van der Waals surface area (Å²) in [6.45, 7) is 2.07. The van der Waals surface area contributed by atoms with Gasteiger partial charge in [-0.2, -0.15) is 0 Å². The number of hydrogen-bond acceptors (Lipinski definition) is 3. The van der Waals surface area contributed by atoms with E-state index >= 15 is 0 Å². The van der Waals surface area contributed by atoms with Gasteiger partial charge in [0.25, 0.3) is 0 Å². The Morgan fingerprint density at radius 1 is 1.50 bits per heavy atom. The van der Waals surface area contributed by atoms with Crippen molar-refractivity contribution < 1.29 is 4.74 Å². The molecule has 0 saturated carbocycles. The van der Waals surface area contributed by atoms with Crippen LogP contribution in [0, 0.1) is 0 Å². The van der Waals surface area contributed by atoms with Gasteiger partial charge in [-0.05, 0) is 18.6 Å². The van der Waals surface area contributed by atoms with E-state index in [1.807, 2.05) is 12.1 Å². The van der Waals surface area contributed by atoms with Crippen molar-refractivity contribution in [1.82, 2.24) is 15.0 Å². The van der Waals surface area contributed by atoms with Crippen LogP contribution in [0.5, 0.6) is 0 Å². The van der Waals surface area contributed by atoms with Crippen LogP contribution >= 0.6 is 0 Å². The summed E-state index contributed by atoms with van der Waals surface area (Å²) in [5.74, 6) is 0. The lowest BCUT2D eigenvalue weighted by Crippen LogP contribution is -2.02. The Bertz CT molecular complexity index is 420. The number of aromatic nitrogens is 3. The number of imidazole rings is 1. The van der Waals surface area contributed by atoms with Gasteiger partial charge in [0.1, 0.15) is 0 Å². The molecule has 0 aliphatic heterocycles. The number of pyridine rings is 1. The molecule has 2 rings (SSSR count). The first-order valence-corrected chi connectivity index (χ1v) is 4.68. The Morgan fingerprint density at radius 2 is 2.36 bits per heavy atom. The first-order chi connectivity index (χ1) is 6.85. The van der Waals surface area contributed by atoms with Gasteiger partial charge in [-0.1, -0.05) is 6.92 Å². The second-order valence-corrected chi connectivity index (χ2v) is 3.14. The molecule has 1 N–H and O–H groups in total. The molecule has 0 aromatic carbocycles. The highest BCUT2D eigenvalue weighted by atomic mass is 16.5. The molecule has 4 nitrogen and oxygen atoms in total. The van der Waals surface area contributed by atoms with Crippen molar-refractivity contribution in [2.75, 3.05) is 7.11 Å². The number of rotatable bonds is 3. The third-order valence-corrected chi connectivity index (χ3v) is 2.29. The molecular formula is C10H13N3O. The minimum atomic E-state index is 0.0658. The van der Waals surface area contributed by atoms with Crippen molar-refractivity contribution in [2.24, 2.45) is 0 Å². The first kappa shape index (κ1) is 9.15. The van der Waals surface area contributed by atoms with Gasteiger partial charge in [-0.15, -0.1) is 0 Å². The van der Waals surface area contributed by atoms with E-state index in [1.54, 1.807) is 13.4 Å². The fourth-order valence-corrected chi connectivity index (χ4v) is 1.51. The van der Waals surface area contributed by atoms with Crippen LogP contribution in [0.15, 0.2) is 18.5 Å². The summed E-state index contributed by atoms with van der Waals surface area (Å²) in [4.78, 5) is 11.5. The van der Waals surface area contributed by atoms with Crippen molar-refractivity contribution in [3.63, 3.8) is 0 Å². The zero-order chi connectivity index (χ0) is 9.97. The van der Waals surface area contributed by atoms with Gasteiger partial charge in [0.15, 0.2) is 5.65 Å². The van der Waals surface area contributed by atoms with Crippen LogP contribution < -0.4 is 0 Å². The molecule has 2 heterocycles. The predicted octanol–water partition coefficient (Wildman–Crippen LogP) is 2.06. The van der Waals surface area contributed by atoms with Crippen LogP contribution in [0.3, 0.4) is 0 Å². The maximum atomic E-state index is 5.31. The molecule has 0 saturated heterocycles. The third-order valence-electron chi connectivity index (χ3n) is 2.29. The van der Waals surface area contributed by atoms with Crippen LogP contribution in [0.25, 0.3) is 11.2 Å². The van der Waals surface area contributed by atoms with E-state index in [2.05, 4.69) is 21.9 Å². The van der Waals surface area contributed by atoms with Crippen molar-refractivity contribution in [3.05, 3.63) is 24.2 Å². The number of H-pyrrole nitrogens is 1. The van der Waals surface area contributed by atoms with E-state index in [9.17, 15) is 0 Å². The second kappa shape index (κ2) is 3.75. The Balaban J connectivity index is 2.42. The highest BCUT2D eigenvalue weighted by molar-refractivity contribution is 5.69. The highest BCUT2D eigenvalue weighted by Crippen LogP contribution is 2.19. The molecule has 1 unspecified atom stereocenters. The van der Waals surface area contributed by atoms with Crippen molar-refractivity contribution >= 4 is 11.2 Å². The fraction of sp³-hybridized carbons (Fsp3) is 0.400. The minimum absolute atomic E-state index is 0.0658. The first-order valence-electron chi connectivity index (χ1n) is 4.68. The average molecular weight is 191 g/mol. The van der Waals surface area contributed by atoms with E-state index < -0.39 is 0 Å². The van der Waals surface area contributed by atoms with Gasteiger partial charge in [-0.25, -0.2) is 9.97 Å². The topological polar surface area (TPSA) is 50.8 Å². The van der Waals surface area contributed by atoms with Crippen molar-refractivity contribution in [2.45, 2.75) is 19.4 Å². The molecule has 2 aromatic heterocycles. The summed E-state index contributed by atoms with van der Waals surface area (Å²) < 4.78 is 5.31. The Labute approximate surface area is 82.3 Å². The molecule has 0 bridgehead atoms. The Morgan fingerprint density at radius 3 is 3.07 bits per heavy atom. The largest absolute Gasteiger partial charge is 0.375 e. The van der Waals surface area contributed by atoms with Gasteiger partial charge in [0.2, 0.25) is 0 Å². The van der Waals surface area contributed by atoms with E-state index in [-0.39, 0.29) is 6.10 Å². The fourth-order valence-electron chi connectivity index (χ4n) is 1.51. The molecule has 2 aromatic rings. The van der Waals surface area contributed by atoms with Gasteiger partial charge in [-0.3, -0.25) is 0 Å². The van der Waals surface area contributed by atoms with Crippen molar-refractivity contribution in [3.8, 4) is 0 Å². The number of methoxy groups -OCH3 is 1. The molecule has 0 spiro atoms. The molecule has 0 aliphatic carbocycles. The smallest absolute Gasteiger partial charge is 0.177 e. The van der Waals surface area contributed by atoms with E-state index in [1.165, 1.54) is 0 Å². The van der Waals surface area contributed by atoms with Crippen LogP contribution in [0.1, 0.15) is 25.1 Å². The van der Waals surface area contributed by atoms with Crippen molar-refractivity contribution in [1.29, 1.82) is 0 Å². The Kier molecular flexibility index (Phi) is 2.45. The lowest BCUT2D eigenvalue weighted by atomic mass is 10.2. The molecule has 14 heavy (non-hydrogen) atoms. The number of nitrogens with zero attached hydrogens (tertiary/aromatic N) is 2.